The van der Waals surface area contributed by atoms with E-state index in [-0.39, 0.29) is 17.9 Å². The van der Waals surface area contributed by atoms with Crippen LogP contribution in [-0.2, 0) is 6.61 Å². The smallest absolute Gasteiger partial charge is 0.339 e. The van der Waals surface area contributed by atoms with Gasteiger partial charge in [-0.25, -0.2) is 4.79 Å². The Balaban J connectivity index is 2.20. The van der Waals surface area contributed by atoms with E-state index in [0.29, 0.717) is 15.8 Å². The van der Waals surface area contributed by atoms with Crippen LogP contribution in [0.1, 0.15) is 16.1 Å². The van der Waals surface area contributed by atoms with Gasteiger partial charge in [0, 0.05) is 11.5 Å². The lowest BCUT2D eigenvalue weighted by Crippen LogP contribution is -2.04. The van der Waals surface area contributed by atoms with Gasteiger partial charge >= 0.3 is 5.97 Å². The standard InChI is InChI=1S/C11H9ClN2O4S/c1-17-6-2-3-9(7(4-6)11(15)16)18-5-8-10(12)19-14-13-8/h2-4H,5H2,1H3,(H,15,16). The van der Waals surface area contributed by atoms with Gasteiger partial charge in [0.15, 0.2) is 0 Å². The molecule has 1 aromatic heterocycles. The molecule has 2 aromatic rings. The van der Waals surface area contributed by atoms with Crippen molar-refractivity contribution in [3.8, 4) is 11.5 Å². The van der Waals surface area contributed by atoms with E-state index >= 15 is 0 Å². The van der Waals surface area contributed by atoms with Gasteiger partial charge in [0.2, 0.25) is 0 Å². The highest BCUT2D eigenvalue weighted by Crippen LogP contribution is 2.26. The first-order valence-electron chi connectivity index (χ1n) is 5.12. The predicted molar refractivity (Wildman–Crippen MR) is 69.2 cm³/mol. The minimum atomic E-state index is -1.10. The third-order valence-corrected chi connectivity index (χ3v) is 3.28. The topological polar surface area (TPSA) is 81.5 Å². The maximum Gasteiger partial charge on any atom is 0.339 e. The summed E-state index contributed by atoms with van der Waals surface area (Å²) in [6.45, 7) is 0.0575. The Hall–Kier alpha value is -1.86. The first-order valence-corrected chi connectivity index (χ1v) is 6.28. The third kappa shape index (κ3) is 3.12. The molecule has 6 nitrogen and oxygen atoms in total. The fourth-order valence-electron chi connectivity index (χ4n) is 1.36. The van der Waals surface area contributed by atoms with E-state index in [1.165, 1.54) is 19.2 Å². The molecular formula is C11H9ClN2O4S. The number of carbonyl (C=O) groups is 1. The number of halogens is 1. The van der Waals surface area contributed by atoms with Gasteiger partial charge in [-0.15, -0.1) is 5.10 Å². The Bertz CT molecular complexity index is 602. The summed E-state index contributed by atoms with van der Waals surface area (Å²) >= 11 is 6.88. The summed E-state index contributed by atoms with van der Waals surface area (Å²) in [5.41, 5.74) is 0.484. The van der Waals surface area contributed by atoms with E-state index in [1.807, 2.05) is 0 Å². The molecule has 0 aliphatic rings. The molecule has 100 valence electrons. The molecular weight excluding hydrogens is 292 g/mol. The Labute approximate surface area is 117 Å². The van der Waals surface area contributed by atoms with Crippen molar-refractivity contribution in [2.45, 2.75) is 6.61 Å². The summed E-state index contributed by atoms with van der Waals surface area (Å²) < 4.78 is 14.5. The van der Waals surface area contributed by atoms with E-state index in [9.17, 15) is 4.79 Å². The molecule has 0 saturated carbocycles. The summed E-state index contributed by atoms with van der Waals surface area (Å²) in [6, 6.07) is 4.53. The second kappa shape index (κ2) is 5.85. The summed E-state index contributed by atoms with van der Waals surface area (Å²) in [6.07, 6.45) is 0. The zero-order valence-corrected chi connectivity index (χ0v) is 11.4. The van der Waals surface area contributed by atoms with Crippen LogP contribution in [-0.4, -0.2) is 27.8 Å². The molecule has 1 N–H and O–H groups in total. The highest BCUT2D eigenvalue weighted by molar-refractivity contribution is 7.10. The van der Waals surface area contributed by atoms with Crippen molar-refractivity contribution < 1.29 is 19.4 Å². The Morgan fingerprint density at radius 2 is 2.32 bits per heavy atom. The Kier molecular flexibility index (Phi) is 4.18. The molecule has 1 heterocycles. The highest BCUT2D eigenvalue weighted by atomic mass is 35.5. The monoisotopic (exact) mass is 300 g/mol. The maximum absolute atomic E-state index is 11.1. The summed E-state index contributed by atoms with van der Waals surface area (Å²) in [4.78, 5) is 11.1. The van der Waals surface area contributed by atoms with Crippen LogP contribution in [0.15, 0.2) is 18.2 Å². The lowest BCUT2D eigenvalue weighted by Gasteiger charge is -2.09. The first-order chi connectivity index (χ1) is 9.11. The summed E-state index contributed by atoms with van der Waals surface area (Å²) in [5.74, 6) is -0.438. The number of aromatic nitrogens is 2. The van der Waals surface area contributed by atoms with Gasteiger partial charge in [0.1, 0.15) is 33.7 Å². The molecule has 0 spiro atoms. The number of carboxylic acids is 1. The van der Waals surface area contributed by atoms with Crippen LogP contribution in [0.5, 0.6) is 11.5 Å². The number of hydrogen-bond donors (Lipinski definition) is 1. The molecule has 2 rings (SSSR count). The van der Waals surface area contributed by atoms with Crippen molar-refractivity contribution >= 4 is 29.1 Å². The van der Waals surface area contributed by atoms with Gasteiger partial charge in [-0.05, 0) is 18.2 Å². The van der Waals surface area contributed by atoms with Crippen LogP contribution in [0.2, 0.25) is 4.34 Å². The molecule has 1 aromatic carbocycles. The fourth-order valence-corrected chi connectivity index (χ4v) is 1.96. The number of hydrogen-bond acceptors (Lipinski definition) is 6. The fraction of sp³-hybridized carbons (Fsp3) is 0.182. The SMILES string of the molecule is COc1ccc(OCc2nnsc2Cl)c(C(=O)O)c1. The average molecular weight is 301 g/mol. The normalized spacial score (nSPS) is 10.2. The molecule has 0 radical (unpaired) electrons. The number of methoxy groups -OCH3 is 1. The van der Waals surface area contributed by atoms with E-state index in [4.69, 9.17) is 26.2 Å². The van der Waals surface area contributed by atoms with Crippen LogP contribution < -0.4 is 9.47 Å². The first kappa shape index (κ1) is 13.6. The van der Waals surface area contributed by atoms with Crippen molar-refractivity contribution in [2.75, 3.05) is 7.11 Å². The Morgan fingerprint density at radius 3 is 2.89 bits per heavy atom. The van der Waals surface area contributed by atoms with Crippen LogP contribution >= 0.6 is 23.1 Å². The van der Waals surface area contributed by atoms with Crippen molar-refractivity contribution in [3.63, 3.8) is 0 Å². The van der Waals surface area contributed by atoms with Crippen molar-refractivity contribution in [1.82, 2.24) is 9.59 Å². The molecule has 0 unspecified atom stereocenters. The second-order valence-corrected chi connectivity index (χ2v) is 4.81. The van der Waals surface area contributed by atoms with Gasteiger partial charge in [-0.2, -0.15) is 0 Å². The van der Waals surface area contributed by atoms with Crippen molar-refractivity contribution in [2.24, 2.45) is 0 Å². The molecule has 0 saturated heterocycles. The van der Waals surface area contributed by atoms with Crippen molar-refractivity contribution in [3.05, 3.63) is 33.8 Å². The summed E-state index contributed by atoms with van der Waals surface area (Å²) in [5, 5.41) is 12.9. The van der Waals surface area contributed by atoms with Gasteiger partial charge < -0.3 is 14.6 Å². The number of aromatic carboxylic acids is 1. The van der Waals surface area contributed by atoms with E-state index in [0.717, 1.165) is 11.5 Å². The number of rotatable bonds is 5. The van der Waals surface area contributed by atoms with Gasteiger partial charge in [-0.3, -0.25) is 0 Å². The Morgan fingerprint density at radius 1 is 1.53 bits per heavy atom. The minimum absolute atomic E-state index is 0.0126. The highest BCUT2D eigenvalue weighted by Gasteiger charge is 2.14. The van der Waals surface area contributed by atoms with Gasteiger partial charge in [0.05, 0.1) is 7.11 Å². The van der Waals surface area contributed by atoms with Crippen LogP contribution in [0.25, 0.3) is 0 Å². The lowest BCUT2D eigenvalue weighted by atomic mass is 10.2. The number of nitrogens with zero attached hydrogens (tertiary/aromatic N) is 2. The lowest BCUT2D eigenvalue weighted by molar-refractivity contribution is 0.0691. The average Bonchev–Trinajstić information content (AvgIpc) is 2.81. The molecule has 0 bridgehead atoms. The molecule has 19 heavy (non-hydrogen) atoms. The van der Waals surface area contributed by atoms with Crippen LogP contribution in [0, 0.1) is 0 Å². The van der Waals surface area contributed by atoms with Crippen LogP contribution in [0.4, 0.5) is 0 Å². The van der Waals surface area contributed by atoms with Gasteiger partial charge in [-0.1, -0.05) is 16.1 Å². The number of ether oxygens (including phenoxy) is 2. The van der Waals surface area contributed by atoms with Crippen molar-refractivity contribution in [1.29, 1.82) is 0 Å². The summed E-state index contributed by atoms with van der Waals surface area (Å²) in [7, 11) is 1.46. The number of carboxylic acid groups (broad SMARTS) is 1. The molecule has 0 fully saturated rings. The molecule has 0 amide bonds. The molecule has 0 atom stereocenters. The maximum atomic E-state index is 11.1. The van der Waals surface area contributed by atoms with E-state index in [2.05, 4.69) is 9.59 Å². The van der Waals surface area contributed by atoms with E-state index < -0.39 is 5.97 Å². The zero-order valence-electron chi connectivity index (χ0n) is 9.79. The minimum Gasteiger partial charge on any atom is -0.497 e. The van der Waals surface area contributed by atoms with Crippen LogP contribution in [0.3, 0.4) is 0 Å². The van der Waals surface area contributed by atoms with Gasteiger partial charge in [0.25, 0.3) is 0 Å². The molecule has 8 heteroatoms. The quantitative estimate of drug-likeness (QED) is 0.913. The second-order valence-electron chi connectivity index (χ2n) is 3.45. The zero-order chi connectivity index (χ0) is 13.8. The number of benzene rings is 1. The predicted octanol–water partition coefficient (Wildman–Crippen LogP) is 2.48. The molecule has 0 aliphatic heterocycles. The largest absolute Gasteiger partial charge is 0.497 e. The van der Waals surface area contributed by atoms with E-state index in [1.54, 1.807) is 6.07 Å². The third-order valence-electron chi connectivity index (χ3n) is 2.29. The molecule has 0 aliphatic carbocycles.